The van der Waals surface area contributed by atoms with Gasteiger partial charge in [-0.25, -0.2) is 4.79 Å². The van der Waals surface area contributed by atoms with E-state index in [4.69, 9.17) is 10.2 Å². The molecular formula is C12H22O4. The number of carboxylic acids is 1. The first kappa shape index (κ1) is 15.1. The first-order chi connectivity index (χ1) is 7.52. The van der Waals surface area contributed by atoms with Crippen LogP contribution in [0.2, 0.25) is 0 Å². The normalized spacial score (nSPS) is 15.2. The summed E-state index contributed by atoms with van der Waals surface area (Å²) in [5.41, 5.74) is 0. The molecule has 0 saturated heterocycles. The number of aliphatic hydroxyl groups excluding tert-OH is 2. The van der Waals surface area contributed by atoms with Crippen LogP contribution in [0.3, 0.4) is 0 Å². The van der Waals surface area contributed by atoms with E-state index in [2.05, 4.69) is 0 Å². The molecule has 2 unspecified atom stereocenters. The molecule has 2 atom stereocenters. The first-order valence-corrected chi connectivity index (χ1v) is 5.78. The second-order valence-electron chi connectivity index (χ2n) is 4.12. The Morgan fingerprint density at radius 1 is 1.19 bits per heavy atom. The van der Waals surface area contributed by atoms with Crippen LogP contribution >= 0.6 is 0 Å². The van der Waals surface area contributed by atoms with Gasteiger partial charge in [-0.05, 0) is 26.2 Å². The molecule has 0 rings (SSSR count). The van der Waals surface area contributed by atoms with Crippen molar-refractivity contribution in [1.29, 1.82) is 0 Å². The monoisotopic (exact) mass is 230 g/mol. The van der Waals surface area contributed by atoms with Gasteiger partial charge in [-0.2, -0.15) is 0 Å². The van der Waals surface area contributed by atoms with Crippen LogP contribution in [0.1, 0.15) is 45.4 Å². The summed E-state index contributed by atoms with van der Waals surface area (Å²) >= 11 is 0. The van der Waals surface area contributed by atoms with Gasteiger partial charge in [0.1, 0.15) is 0 Å². The number of aliphatic carboxylic acids is 1. The number of unbranched alkanes of at least 4 members (excludes halogenated alkanes) is 2. The van der Waals surface area contributed by atoms with Crippen LogP contribution in [-0.4, -0.2) is 33.5 Å². The van der Waals surface area contributed by atoms with Gasteiger partial charge in [0.15, 0.2) is 0 Å². The Balaban J connectivity index is 3.37. The van der Waals surface area contributed by atoms with E-state index < -0.39 is 12.1 Å². The molecule has 4 heteroatoms. The number of carboxylic acid groups (broad SMARTS) is 1. The van der Waals surface area contributed by atoms with Gasteiger partial charge in [0.25, 0.3) is 0 Å². The van der Waals surface area contributed by atoms with Crippen molar-refractivity contribution in [3.8, 4) is 0 Å². The van der Waals surface area contributed by atoms with Crippen LogP contribution in [0.5, 0.6) is 0 Å². The van der Waals surface area contributed by atoms with Gasteiger partial charge in [-0.1, -0.05) is 25.3 Å². The Morgan fingerprint density at radius 3 is 2.38 bits per heavy atom. The minimum atomic E-state index is -0.982. The van der Waals surface area contributed by atoms with Crippen molar-refractivity contribution >= 4 is 5.97 Å². The van der Waals surface area contributed by atoms with E-state index in [-0.39, 0.29) is 6.10 Å². The molecule has 0 aliphatic rings. The van der Waals surface area contributed by atoms with E-state index in [0.717, 1.165) is 31.8 Å². The van der Waals surface area contributed by atoms with E-state index in [9.17, 15) is 9.90 Å². The minimum Gasteiger partial charge on any atom is -0.478 e. The average molecular weight is 230 g/mol. The van der Waals surface area contributed by atoms with E-state index >= 15 is 0 Å². The molecule has 3 N–H and O–H groups in total. The molecule has 0 radical (unpaired) electrons. The average Bonchev–Trinajstić information content (AvgIpc) is 2.16. The molecule has 4 nitrogen and oxygen atoms in total. The van der Waals surface area contributed by atoms with Crippen molar-refractivity contribution < 1.29 is 20.1 Å². The topological polar surface area (TPSA) is 77.8 Å². The van der Waals surface area contributed by atoms with E-state index in [0.29, 0.717) is 12.8 Å². The third-order valence-corrected chi connectivity index (χ3v) is 2.33. The Labute approximate surface area is 96.6 Å². The molecule has 16 heavy (non-hydrogen) atoms. The fourth-order valence-corrected chi connectivity index (χ4v) is 1.44. The molecule has 0 amide bonds. The van der Waals surface area contributed by atoms with Crippen LogP contribution in [0.4, 0.5) is 0 Å². The summed E-state index contributed by atoms with van der Waals surface area (Å²) < 4.78 is 0. The molecule has 0 saturated carbocycles. The van der Waals surface area contributed by atoms with Crippen molar-refractivity contribution in [2.75, 3.05) is 0 Å². The van der Waals surface area contributed by atoms with Crippen molar-refractivity contribution in [1.82, 2.24) is 0 Å². The summed E-state index contributed by atoms with van der Waals surface area (Å²) in [5, 5.41) is 26.8. The first-order valence-electron chi connectivity index (χ1n) is 5.78. The van der Waals surface area contributed by atoms with Crippen LogP contribution in [-0.2, 0) is 4.79 Å². The fourth-order valence-electron chi connectivity index (χ4n) is 1.44. The van der Waals surface area contributed by atoms with Gasteiger partial charge in [0, 0.05) is 6.08 Å². The fraction of sp³-hybridized carbons (Fsp3) is 0.750. The highest BCUT2D eigenvalue weighted by Gasteiger charge is 2.02. The molecule has 94 valence electrons. The predicted octanol–water partition coefficient (Wildman–Crippen LogP) is 1.71. The maximum Gasteiger partial charge on any atom is 0.327 e. The van der Waals surface area contributed by atoms with Gasteiger partial charge in [-0.3, -0.25) is 0 Å². The van der Waals surface area contributed by atoms with Crippen molar-refractivity contribution in [3.63, 3.8) is 0 Å². The quantitative estimate of drug-likeness (QED) is 0.416. The summed E-state index contributed by atoms with van der Waals surface area (Å²) in [7, 11) is 0. The minimum absolute atomic E-state index is 0.247. The molecule has 0 aromatic rings. The molecule has 0 aromatic heterocycles. The van der Waals surface area contributed by atoms with Gasteiger partial charge < -0.3 is 15.3 Å². The summed E-state index contributed by atoms with van der Waals surface area (Å²) in [6, 6.07) is 0. The van der Waals surface area contributed by atoms with Gasteiger partial charge in [0.05, 0.1) is 12.2 Å². The van der Waals surface area contributed by atoms with E-state index in [1.54, 1.807) is 6.92 Å². The zero-order valence-corrected chi connectivity index (χ0v) is 9.80. The second-order valence-corrected chi connectivity index (χ2v) is 4.12. The lowest BCUT2D eigenvalue weighted by Crippen LogP contribution is -2.05. The largest absolute Gasteiger partial charge is 0.478 e. The third-order valence-electron chi connectivity index (χ3n) is 2.33. The maximum atomic E-state index is 10.2. The maximum absolute atomic E-state index is 10.2. The summed E-state index contributed by atoms with van der Waals surface area (Å²) in [6.45, 7) is 1.77. The van der Waals surface area contributed by atoms with Crippen molar-refractivity contribution in [3.05, 3.63) is 12.2 Å². The highest BCUT2D eigenvalue weighted by Crippen LogP contribution is 2.09. The molecule has 0 spiro atoms. The Kier molecular flexibility index (Phi) is 8.85. The Morgan fingerprint density at radius 2 is 1.81 bits per heavy atom. The highest BCUT2D eigenvalue weighted by atomic mass is 16.4. The van der Waals surface area contributed by atoms with Crippen LogP contribution in [0.25, 0.3) is 0 Å². The van der Waals surface area contributed by atoms with E-state index in [1.165, 1.54) is 6.08 Å². The van der Waals surface area contributed by atoms with Gasteiger partial charge >= 0.3 is 5.97 Å². The molecule has 0 fully saturated rings. The van der Waals surface area contributed by atoms with Gasteiger partial charge in [-0.15, -0.1) is 0 Å². The highest BCUT2D eigenvalue weighted by molar-refractivity contribution is 5.79. The van der Waals surface area contributed by atoms with Crippen LogP contribution < -0.4 is 0 Å². The third kappa shape index (κ3) is 11.2. The predicted molar refractivity (Wildman–Crippen MR) is 62.2 cm³/mol. The SMILES string of the molecule is CC(O)CCCCCC(O)CC=CC(=O)O. The zero-order chi connectivity index (χ0) is 12.4. The number of carbonyl (C=O) groups is 1. The number of rotatable bonds is 9. The summed E-state index contributed by atoms with van der Waals surface area (Å²) in [4.78, 5) is 10.2. The van der Waals surface area contributed by atoms with Crippen molar-refractivity contribution in [2.24, 2.45) is 0 Å². The Bertz CT molecular complexity index is 211. The Hall–Kier alpha value is -0.870. The molecule has 0 aliphatic heterocycles. The van der Waals surface area contributed by atoms with Crippen LogP contribution in [0, 0.1) is 0 Å². The summed E-state index contributed by atoms with van der Waals surface area (Å²) in [6.07, 6.45) is 6.57. The molecule has 0 heterocycles. The standard InChI is InChI=1S/C12H22O4/c1-10(13)6-3-2-4-7-11(14)8-5-9-12(15)16/h5,9-11,13-14H,2-4,6-8H2,1H3,(H,15,16). The summed E-state index contributed by atoms with van der Waals surface area (Å²) in [5.74, 6) is -0.982. The second kappa shape index (κ2) is 9.36. The number of aliphatic hydroxyl groups is 2. The van der Waals surface area contributed by atoms with E-state index in [1.807, 2.05) is 0 Å². The molecular weight excluding hydrogens is 208 g/mol. The number of hydrogen-bond donors (Lipinski definition) is 3. The lowest BCUT2D eigenvalue weighted by molar-refractivity contribution is -0.131. The lowest BCUT2D eigenvalue weighted by atomic mass is 10.1. The molecule has 0 bridgehead atoms. The van der Waals surface area contributed by atoms with Crippen molar-refractivity contribution in [2.45, 2.75) is 57.7 Å². The smallest absolute Gasteiger partial charge is 0.327 e. The van der Waals surface area contributed by atoms with Crippen LogP contribution in [0.15, 0.2) is 12.2 Å². The molecule has 0 aromatic carbocycles. The molecule has 0 aliphatic carbocycles. The van der Waals surface area contributed by atoms with Gasteiger partial charge in [0.2, 0.25) is 0 Å². The zero-order valence-electron chi connectivity index (χ0n) is 9.80. The number of hydrogen-bond acceptors (Lipinski definition) is 3. The lowest BCUT2D eigenvalue weighted by Gasteiger charge is -2.08.